The van der Waals surface area contributed by atoms with E-state index in [0.29, 0.717) is 32.9 Å². The number of benzene rings is 2. The van der Waals surface area contributed by atoms with Crippen LogP contribution in [0.5, 0.6) is 11.6 Å². The Hall–Kier alpha value is -2.75. The smallest absolute Gasteiger partial charge is 0.262 e. The van der Waals surface area contributed by atoms with Crippen molar-refractivity contribution in [2.75, 3.05) is 0 Å². The zero-order chi connectivity index (χ0) is 18.5. The first-order valence-corrected chi connectivity index (χ1v) is 8.39. The van der Waals surface area contributed by atoms with E-state index in [9.17, 15) is 10.4 Å². The summed E-state index contributed by atoms with van der Waals surface area (Å²) in [6, 6.07) is 12.2. The summed E-state index contributed by atoms with van der Waals surface area (Å²) < 4.78 is 17.2. The second-order valence-electron chi connectivity index (χ2n) is 6.68. The van der Waals surface area contributed by atoms with Gasteiger partial charge < -0.3 is 19.1 Å². The molecule has 2 heterocycles. The van der Waals surface area contributed by atoms with Crippen molar-refractivity contribution in [3.8, 4) is 17.7 Å². The Morgan fingerprint density at radius 1 is 1.27 bits per heavy atom. The lowest BCUT2D eigenvalue weighted by Gasteiger charge is -2.41. The van der Waals surface area contributed by atoms with Crippen LogP contribution >= 0.6 is 11.6 Å². The quantitative estimate of drug-likeness (QED) is 0.733. The minimum Gasteiger partial charge on any atom is -0.485 e. The SMILES string of the molecule is CC1(C)Oc2ccc(C#N)cc2[C@@H](Oc2noc3ccc(Cl)cc23)[C@@H]1O. The second-order valence-corrected chi connectivity index (χ2v) is 7.12. The highest BCUT2D eigenvalue weighted by atomic mass is 35.5. The summed E-state index contributed by atoms with van der Waals surface area (Å²) in [5.41, 5.74) is 0.661. The maximum atomic E-state index is 10.8. The lowest BCUT2D eigenvalue weighted by molar-refractivity contribution is -0.104. The van der Waals surface area contributed by atoms with E-state index in [1.165, 1.54) is 0 Å². The highest BCUT2D eigenvalue weighted by Crippen LogP contribution is 2.43. The number of halogens is 1. The fourth-order valence-corrected chi connectivity index (χ4v) is 3.21. The molecule has 2 atom stereocenters. The van der Waals surface area contributed by atoms with Gasteiger partial charge in [0.1, 0.15) is 17.5 Å². The number of nitrogens with zero attached hydrogens (tertiary/aromatic N) is 2. The number of nitriles is 1. The van der Waals surface area contributed by atoms with Crippen molar-refractivity contribution >= 4 is 22.6 Å². The van der Waals surface area contributed by atoms with Crippen molar-refractivity contribution in [2.45, 2.75) is 31.7 Å². The first-order chi connectivity index (χ1) is 12.4. The maximum absolute atomic E-state index is 10.8. The number of rotatable bonds is 2. The van der Waals surface area contributed by atoms with Crippen molar-refractivity contribution in [3.05, 3.63) is 52.5 Å². The van der Waals surface area contributed by atoms with Gasteiger partial charge in [-0.1, -0.05) is 11.6 Å². The van der Waals surface area contributed by atoms with Gasteiger partial charge >= 0.3 is 0 Å². The fraction of sp³-hybridized carbons (Fsp3) is 0.263. The lowest BCUT2D eigenvalue weighted by Crippen LogP contribution is -2.50. The van der Waals surface area contributed by atoms with Crippen LogP contribution in [0, 0.1) is 11.3 Å². The fourth-order valence-electron chi connectivity index (χ4n) is 3.03. The lowest BCUT2D eigenvalue weighted by atomic mass is 9.87. The zero-order valence-corrected chi connectivity index (χ0v) is 14.8. The average molecular weight is 371 g/mol. The third kappa shape index (κ3) is 2.66. The number of aliphatic hydroxyl groups excluding tert-OH is 1. The highest BCUT2D eigenvalue weighted by Gasteiger charge is 2.45. The van der Waals surface area contributed by atoms with Crippen molar-refractivity contribution in [2.24, 2.45) is 0 Å². The number of aromatic nitrogens is 1. The van der Waals surface area contributed by atoms with Crippen molar-refractivity contribution in [1.82, 2.24) is 5.16 Å². The Morgan fingerprint density at radius 3 is 2.85 bits per heavy atom. The summed E-state index contributed by atoms with van der Waals surface area (Å²) in [5.74, 6) is 0.771. The van der Waals surface area contributed by atoms with Crippen molar-refractivity contribution in [3.63, 3.8) is 0 Å². The largest absolute Gasteiger partial charge is 0.485 e. The maximum Gasteiger partial charge on any atom is 0.262 e. The highest BCUT2D eigenvalue weighted by molar-refractivity contribution is 6.31. The van der Waals surface area contributed by atoms with Gasteiger partial charge in [0.2, 0.25) is 0 Å². The van der Waals surface area contributed by atoms with Crippen LogP contribution in [0.1, 0.15) is 31.1 Å². The predicted octanol–water partition coefficient (Wildman–Crippen LogP) is 4.00. The molecule has 1 N–H and O–H groups in total. The van der Waals surface area contributed by atoms with Crippen LogP contribution in [-0.2, 0) is 0 Å². The van der Waals surface area contributed by atoms with Gasteiger partial charge in [0.05, 0.1) is 17.0 Å². The van der Waals surface area contributed by atoms with Gasteiger partial charge in [-0.05, 0) is 55.4 Å². The van der Waals surface area contributed by atoms with Crippen LogP contribution in [0.2, 0.25) is 5.02 Å². The molecule has 0 unspecified atom stereocenters. The summed E-state index contributed by atoms with van der Waals surface area (Å²) in [7, 11) is 0. The predicted molar refractivity (Wildman–Crippen MR) is 94.3 cm³/mol. The minimum atomic E-state index is -0.991. The van der Waals surface area contributed by atoms with E-state index in [-0.39, 0.29) is 5.88 Å². The number of ether oxygens (including phenoxy) is 2. The number of hydrogen-bond acceptors (Lipinski definition) is 6. The standard InChI is InChI=1S/C19H15ClN2O4/c1-19(2)17(23)16(12-7-10(9-21)3-5-14(12)25-19)24-18-13-8-11(20)4-6-15(13)26-22-18/h3-8,16-17,23H,1-2H3/t16-,17+/m1/s1. The number of fused-ring (bicyclic) bond motifs is 2. The van der Waals surface area contributed by atoms with Crippen LogP contribution in [0.15, 0.2) is 40.9 Å². The molecule has 0 amide bonds. The molecule has 1 aliphatic heterocycles. The molecule has 1 aromatic heterocycles. The molecular formula is C19H15ClN2O4. The van der Waals surface area contributed by atoms with E-state index >= 15 is 0 Å². The molecule has 3 aromatic rings. The molecule has 7 heteroatoms. The summed E-state index contributed by atoms with van der Waals surface area (Å²) in [5, 5.41) is 25.1. The molecule has 0 radical (unpaired) electrons. The Labute approximate surface area is 154 Å². The minimum absolute atomic E-state index is 0.220. The Morgan fingerprint density at radius 2 is 2.08 bits per heavy atom. The van der Waals surface area contributed by atoms with E-state index in [0.717, 1.165) is 0 Å². The van der Waals surface area contributed by atoms with Crippen LogP contribution in [0.4, 0.5) is 0 Å². The van der Waals surface area contributed by atoms with Crippen LogP contribution in [-0.4, -0.2) is 22.0 Å². The first kappa shape index (κ1) is 16.7. The number of aliphatic hydroxyl groups is 1. The van der Waals surface area contributed by atoms with E-state index in [1.54, 1.807) is 50.2 Å². The molecule has 2 aromatic carbocycles. The average Bonchev–Trinajstić information content (AvgIpc) is 3.00. The molecule has 4 rings (SSSR count). The topological polar surface area (TPSA) is 88.5 Å². The first-order valence-electron chi connectivity index (χ1n) is 8.02. The normalized spacial score (nSPS) is 20.9. The van der Waals surface area contributed by atoms with Gasteiger partial charge in [-0.25, -0.2) is 0 Å². The molecule has 1 aliphatic rings. The molecule has 0 aliphatic carbocycles. The summed E-state index contributed by atoms with van der Waals surface area (Å²) in [6.45, 7) is 3.54. The molecule has 6 nitrogen and oxygen atoms in total. The van der Waals surface area contributed by atoms with Crippen LogP contribution in [0.25, 0.3) is 11.0 Å². The van der Waals surface area contributed by atoms with Gasteiger partial charge in [-0.15, -0.1) is 0 Å². The number of hydrogen-bond donors (Lipinski definition) is 1. The van der Waals surface area contributed by atoms with Crippen molar-refractivity contribution < 1.29 is 19.1 Å². The third-order valence-electron chi connectivity index (χ3n) is 4.45. The molecular weight excluding hydrogens is 356 g/mol. The van der Waals surface area contributed by atoms with Crippen LogP contribution in [0.3, 0.4) is 0 Å². The van der Waals surface area contributed by atoms with E-state index in [1.807, 2.05) is 0 Å². The van der Waals surface area contributed by atoms with Crippen molar-refractivity contribution in [1.29, 1.82) is 5.26 Å². The van der Waals surface area contributed by atoms with Gasteiger partial charge in [0, 0.05) is 10.6 Å². The molecule has 0 saturated heterocycles. The van der Waals surface area contributed by atoms with Gasteiger partial charge in [0.25, 0.3) is 5.88 Å². The second kappa shape index (κ2) is 5.90. The molecule has 132 valence electrons. The third-order valence-corrected chi connectivity index (χ3v) is 4.69. The van der Waals surface area contributed by atoms with E-state index in [4.69, 9.17) is 25.6 Å². The molecule has 26 heavy (non-hydrogen) atoms. The van der Waals surface area contributed by atoms with Crippen LogP contribution < -0.4 is 9.47 Å². The molecule has 0 fully saturated rings. The Balaban J connectivity index is 1.81. The van der Waals surface area contributed by atoms with Gasteiger partial charge in [-0.3, -0.25) is 0 Å². The summed E-state index contributed by atoms with van der Waals surface area (Å²) in [4.78, 5) is 0. The van der Waals surface area contributed by atoms with Gasteiger partial charge in [0.15, 0.2) is 11.7 Å². The Kier molecular flexibility index (Phi) is 3.79. The monoisotopic (exact) mass is 370 g/mol. The molecule has 0 saturated carbocycles. The van der Waals surface area contributed by atoms with E-state index in [2.05, 4.69) is 11.2 Å². The zero-order valence-electron chi connectivity index (χ0n) is 14.1. The summed E-state index contributed by atoms with van der Waals surface area (Å²) >= 11 is 6.05. The summed E-state index contributed by atoms with van der Waals surface area (Å²) in [6.07, 6.45) is -1.77. The van der Waals surface area contributed by atoms with Gasteiger partial charge in [-0.2, -0.15) is 5.26 Å². The molecule has 0 bridgehead atoms. The Bertz CT molecular complexity index is 1040. The van der Waals surface area contributed by atoms with E-state index < -0.39 is 17.8 Å². The molecule has 0 spiro atoms.